The molecule has 0 aliphatic carbocycles. The normalized spacial score (nSPS) is 9.43. The van der Waals surface area contributed by atoms with E-state index in [-0.39, 0.29) is 10.0 Å². The van der Waals surface area contributed by atoms with Crippen LogP contribution in [0.4, 0.5) is 4.39 Å². The fourth-order valence-corrected chi connectivity index (χ4v) is 1.35. The van der Waals surface area contributed by atoms with Crippen LogP contribution in [-0.4, -0.2) is 5.33 Å². The Hall–Kier alpha value is -0.230. The van der Waals surface area contributed by atoms with Crippen LogP contribution in [0.15, 0.2) is 12.1 Å². The number of hydrogen-bond acceptors (Lipinski definition) is 0. The predicted octanol–water partition coefficient (Wildman–Crippen LogP) is 4.27. The summed E-state index contributed by atoms with van der Waals surface area (Å²) in [7, 11) is 0. The number of alkyl halides is 1. The Kier molecular flexibility index (Phi) is 4.74. The second kappa shape index (κ2) is 5.60. The first-order valence-corrected chi connectivity index (χ1v) is 5.72. The molecule has 0 nitrogen and oxygen atoms in total. The highest BCUT2D eigenvalue weighted by Crippen LogP contribution is 2.25. The highest BCUT2D eigenvalue weighted by molar-refractivity contribution is 9.09. The Morgan fingerprint density at radius 2 is 2.07 bits per heavy atom. The van der Waals surface area contributed by atoms with Crippen LogP contribution in [0.3, 0.4) is 0 Å². The summed E-state index contributed by atoms with van der Waals surface area (Å²) < 4.78 is 13.1. The zero-order valence-corrected chi connectivity index (χ0v) is 10.2. The summed E-state index contributed by atoms with van der Waals surface area (Å²) in [5.74, 6) is 5.11. The molecule has 0 spiro atoms. The van der Waals surface area contributed by atoms with Gasteiger partial charge >= 0.3 is 0 Å². The molecule has 74 valence electrons. The van der Waals surface area contributed by atoms with Gasteiger partial charge in [-0.15, -0.1) is 0 Å². The predicted molar refractivity (Wildman–Crippen MR) is 61.7 cm³/mol. The molecule has 14 heavy (non-hydrogen) atoms. The molecule has 0 unspecified atom stereocenters. The molecule has 1 rings (SSSR count). The van der Waals surface area contributed by atoms with Gasteiger partial charge in [0.1, 0.15) is 5.82 Å². The molecule has 0 aromatic heterocycles. The summed E-state index contributed by atoms with van der Waals surface area (Å²) >= 11 is 14.5. The van der Waals surface area contributed by atoms with Crippen molar-refractivity contribution < 1.29 is 4.39 Å². The molecule has 0 radical (unpaired) electrons. The smallest absolute Gasteiger partial charge is 0.144 e. The lowest BCUT2D eigenvalue weighted by Gasteiger charge is -1.97. The first kappa shape index (κ1) is 11.8. The third-order valence-corrected chi connectivity index (χ3v) is 2.61. The fraction of sp³-hybridized carbons (Fsp3) is 0.200. The second-order valence-electron chi connectivity index (χ2n) is 2.49. The summed E-state index contributed by atoms with van der Waals surface area (Å²) in [6.07, 6.45) is 0.710. The SMILES string of the molecule is Fc1cc(C#CCCBr)cc(Cl)c1Cl. The fourth-order valence-electron chi connectivity index (χ4n) is 0.839. The van der Waals surface area contributed by atoms with Crippen LogP contribution in [0.25, 0.3) is 0 Å². The van der Waals surface area contributed by atoms with Crippen molar-refractivity contribution in [1.29, 1.82) is 0 Å². The van der Waals surface area contributed by atoms with Crippen LogP contribution in [0.1, 0.15) is 12.0 Å². The summed E-state index contributed by atoms with van der Waals surface area (Å²) in [6, 6.07) is 2.82. The van der Waals surface area contributed by atoms with Gasteiger partial charge in [-0.05, 0) is 12.1 Å². The highest BCUT2D eigenvalue weighted by atomic mass is 79.9. The lowest BCUT2D eigenvalue weighted by molar-refractivity contribution is 0.628. The van der Waals surface area contributed by atoms with Crippen LogP contribution in [0, 0.1) is 17.7 Å². The van der Waals surface area contributed by atoms with E-state index >= 15 is 0 Å². The summed E-state index contributed by atoms with van der Waals surface area (Å²) in [4.78, 5) is 0. The van der Waals surface area contributed by atoms with Crippen LogP contribution in [0.2, 0.25) is 10.0 Å². The highest BCUT2D eigenvalue weighted by Gasteiger charge is 2.05. The van der Waals surface area contributed by atoms with E-state index < -0.39 is 5.82 Å². The minimum atomic E-state index is -0.540. The van der Waals surface area contributed by atoms with Crippen LogP contribution in [0.5, 0.6) is 0 Å². The quantitative estimate of drug-likeness (QED) is 0.412. The first-order valence-electron chi connectivity index (χ1n) is 3.84. The number of hydrogen-bond donors (Lipinski definition) is 0. The van der Waals surface area contributed by atoms with Gasteiger partial charge in [-0.25, -0.2) is 4.39 Å². The van der Waals surface area contributed by atoms with Gasteiger partial charge < -0.3 is 0 Å². The van der Waals surface area contributed by atoms with E-state index in [2.05, 4.69) is 27.8 Å². The Balaban J connectivity index is 2.97. The molecule has 0 aliphatic heterocycles. The maximum atomic E-state index is 13.1. The van der Waals surface area contributed by atoms with Crippen molar-refractivity contribution in [1.82, 2.24) is 0 Å². The molecule has 0 N–H and O–H groups in total. The average Bonchev–Trinajstić information content (AvgIpc) is 2.14. The van der Waals surface area contributed by atoms with E-state index in [9.17, 15) is 4.39 Å². The molecule has 0 fully saturated rings. The van der Waals surface area contributed by atoms with E-state index in [0.29, 0.717) is 12.0 Å². The Morgan fingerprint density at radius 1 is 1.36 bits per heavy atom. The van der Waals surface area contributed by atoms with Crippen molar-refractivity contribution in [3.63, 3.8) is 0 Å². The van der Waals surface area contributed by atoms with E-state index in [1.165, 1.54) is 6.07 Å². The van der Waals surface area contributed by atoms with Crippen LogP contribution < -0.4 is 0 Å². The van der Waals surface area contributed by atoms with Gasteiger partial charge in [0.05, 0.1) is 10.0 Å². The third kappa shape index (κ3) is 3.16. The van der Waals surface area contributed by atoms with Crippen molar-refractivity contribution in [3.05, 3.63) is 33.6 Å². The molecule has 0 heterocycles. The molecule has 0 amide bonds. The molecule has 1 aromatic carbocycles. The molecule has 0 saturated carbocycles. The van der Waals surface area contributed by atoms with E-state index in [1.54, 1.807) is 6.07 Å². The van der Waals surface area contributed by atoms with Gasteiger partial charge in [0, 0.05) is 17.3 Å². The average molecular weight is 296 g/mol. The molecule has 0 atom stereocenters. The minimum Gasteiger partial charge on any atom is -0.205 e. The zero-order chi connectivity index (χ0) is 10.6. The first-order chi connectivity index (χ1) is 6.65. The van der Waals surface area contributed by atoms with Gasteiger partial charge in [-0.3, -0.25) is 0 Å². The van der Waals surface area contributed by atoms with Gasteiger partial charge in [0.2, 0.25) is 0 Å². The topological polar surface area (TPSA) is 0 Å². The van der Waals surface area contributed by atoms with Crippen molar-refractivity contribution >= 4 is 39.1 Å². The maximum absolute atomic E-state index is 13.1. The molecular formula is C10H6BrCl2F. The number of rotatable bonds is 1. The third-order valence-electron chi connectivity index (χ3n) is 1.44. The van der Waals surface area contributed by atoms with Gasteiger partial charge in [0.25, 0.3) is 0 Å². The Morgan fingerprint density at radius 3 is 2.64 bits per heavy atom. The number of halogens is 4. The Bertz CT molecular complexity index is 370. The standard InChI is InChI=1S/C10H6BrCl2F/c11-4-2-1-3-7-5-8(12)10(13)9(14)6-7/h5-6H,2,4H2. The van der Waals surface area contributed by atoms with E-state index in [0.717, 1.165) is 5.33 Å². The zero-order valence-electron chi connectivity index (χ0n) is 7.08. The minimum absolute atomic E-state index is 0.0577. The molecular weight excluding hydrogens is 290 g/mol. The van der Waals surface area contributed by atoms with Gasteiger partial charge in [-0.2, -0.15) is 0 Å². The van der Waals surface area contributed by atoms with Gasteiger partial charge in [-0.1, -0.05) is 51.0 Å². The van der Waals surface area contributed by atoms with Gasteiger partial charge in [0.15, 0.2) is 0 Å². The lowest BCUT2D eigenvalue weighted by atomic mass is 10.2. The van der Waals surface area contributed by atoms with Crippen molar-refractivity contribution in [2.24, 2.45) is 0 Å². The Labute approximate surface area is 101 Å². The summed E-state index contributed by atoms with van der Waals surface area (Å²) in [5, 5.41) is 0.927. The van der Waals surface area contributed by atoms with Crippen LogP contribution in [-0.2, 0) is 0 Å². The molecule has 0 aliphatic rings. The largest absolute Gasteiger partial charge is 0.205 e. The summed E-state index contributed by atoms with van der Waals surface area (Å²) in [5.41, 5.74) is 0.540. The maximum Gasteiger partial charge on any atom is 0.144 e. The van der Waals surface area contributed by atoms with Crippen molar-refractivity contribution in [3.8, 4) is 11.8 Å². The van der Waals surface area contributed by atoms with E-state index in [4.69, 9.17) is 23.2 Å². The summed E-state index contributed by atoms with van der Waals surface area (Å²) in [6.45, 7) is 0. The monoisotopic (exact) mass is 294 g/mol. The van der Waals surface area contributed by atoms with Crippen LogP contribution >= 0.6 is 39.1 Å². The van der Waals surface area contributed by atoms with Crippen molar-refractivity contribution in [2.75, 3.05) is 5.33 Å². The lowest BCUT2D eigenvalue weighted by Crippen LogP contribution is -1.82. The molecule has 1 aromatic rings. The second-order valence-corrected chi connectivity index (χ2v) is 4.07. The number of benzene rings is 1. The molecule has 0 bridgehead atoms. The van der Waals surface area contributed by atoms with Crippen molar-refractivity contribution in [2.45, 2.75) is 6.42 Å². The molecule has 0 saturated heterocycles. The molecule has 4 heteroatoms. The van der Waals surface area contributed by atoms with E-state index in [1.807, 2.05) is 0 Å².